The van der Waals surface area contributed by atoms with Gasteiger partial charge in [0.2, 0.25) is 5.91 Å². The summed E-state index contributed by atoms with van der Waals surface area (Å²) in [5.74, 6) is -0.736. The van der Waals surface area contributed by atoms with Crippen LogP contribution in [0, 0.1) is 0 Å². The molecule has 1 N–H and O–H groups in total. The summed E-state index contributed by atoms with van der Waals surface area (Å²) in [7, 11) is -2.10. The van der Waals surface area contributed by atoms with E-state index in [1.165, 1.54) is 25.3 Å². The summed E-state index contributed by atoms with van der Waals surface area (Å²) in [6.07, 6.45) is -0.210. The van der Waals surface area contributed by atoms with Crippen molar-refractivity contribution in [3.63, 3.8) is 0 Å². The normalized spacial score (nSPS) is 10.9. The van der Waals surface area contributed by atoms with Gasteiger partial charge < -0.3 is 14.8 Å². The summed E-state index contributed by atoms with van der Waals surface area (Å²) in [6.45, 7) is 1.95. The Kier molecular flexibility index (Phi) is 6.95. The lowest BCUT2D eigenvalue weighted by molar-refractivity contribution is -0.115. The van der Waals surface area contributed by atoms with Gasteiger partial charge in [-0.3, -0.25) is 4.79 Å². The minimum Gasteiger partial charge on any atom is -0.497 e. The molecule has 0 saturated heterocycles. The van der Waals surface area contributed by atoms with Gasteiger partial charge in [0.15, 0.2) is 9.84 Å². The second kappa shape index (κ2) is 9.18. The lowest BCUT2D eigenvalue weighted by Crippen LogP contribution is -2.17. The van der Waals surface area contributed by atoms with Crippen LogP contribution in [-0.2, 0) is 19.4 Å². The molecule has 0 radical (unpaired) electrons. The van der Waals surface area contributed by atoms with Gasteiger partial charge in [0, 0.05) is 12.1 Å². The number of methoxy groups -OCH3 is 1. The highest BCUT2D eigenvalue weighted by Gasteiger charge is 2.17. The van der Waals surface area contributed by atoms with Crippen molar-refractivity contribution in [3.8, 4) is 5.75 Å². The number of nitrogens with one attached hydrogen (secondary N) is 1. The fourth-order valence-corrected chi connectivity index (χ4v) is 3.53. The lowest BCUT2D eigenvalue weighted by atomic mass is 10.2. The Balaban J connectivity index is 1.97. The molecular formula is C19H21NO6S. The molecule has 1 amide bonds. The minimum atomic E-state index is -3.59. The molecule has 2 aromatic rings. The second-order valence-electron chi connectivity index (χ2n) is 5.59. The molecular weight excluding hydrogens is 370 g/mol. The van der Waals surface area contributed by atoms with E-state index in [1.807, 2.05) is 0 Å². The van der Waals surface area contributed by atoms with Crippen molar-refractivity contribution < 1.29 is 27.5 Å². The standard InChI is InChI=1S/C19H21NO6S/c1-3-26-19(22)14-5-4-6-15(13-14)20-18(21)11-12-27(23,24)17-9-7-16(25-2)8-10-17/h4-10,13H,3,11-12H2,1-2H3,(H,20,21). The fourth-order valence-electron chi connectivity index (χ4n) is 2.29. The number of anilines is 1. The van der Waals surface area contributed by atoms with Gasteiger partial charge in [0.1, 0.15) is 5.75 Å². The fraction of sp³-hybridized carbons (Fsp3) is 0.263. The highest BCUT2D eigenvalue weighted by Crippen LogP contribution is 2.18. The third-order valence-corrected chi connectivity index (χ3v) is 5.41. The maximum Gasteiger partial charge on any atom is 0.338 e. The smallest absolute Gasteiger partial charge is 0.338 e. The molecule has 0 saturated carbocycles. The minimum absolute atomic E-state index is 0.125. The van der Waals surface area contributed by atoms with Gasteiger partial charge >= 0.3 is 5.97 Å². The Morgan fingerprint density at radius 2 is 1.78 bits per heavy atom. The van der Waals surface area contributed by atoms with Crippen LogP contribution in [0.3, 0.4) is 0 Å². The molecule has 27 heavy (non-hydrogen) atoms. The van der Waals surface area contributed by atoms with E-state index in [9.17, 15) is 18.0 Å². The zero-order valence-electron chi connectivity index (χ0n) is 15.1. The average Bonchev–Trinajstić information content (AvgIpc) is 2.67. The number of rotatable bonds is 8. The highest BCUT2D eigenvalue weighted by atomic mass is 32.2. The molecule has 0 aliphatic rings. The largest absolute Gasteiger partial charge is 0.497 e. The number of sulfone groups is 1. The van der Waals surface area contributed by atoms with Crippen LogP contribution >= 0.6 is 0 Å². The molecule has 0 fully saturated rings. The Morgan fingerprint density at radius 1 is 1.07 bits per heavy atom. The zero-order valence-corrected chi connectivity index (χ0v) is 15.9. The van der Waals surface area contributed by atoms with Crippen LogP contribution in [-0.4, -0.2) is 39.8 Å². The van der Waals surface area contributed by atoms with Crippen LogP contribution in [0.25, 0.3) is 0 Å². The van der Waals surface area contributed by atoms with Crippen molar-refractivity contribution >= 4 is 27.4 Å². The van der Waals surface area contributed by atoms with E-state index in [0.717, 1.165) is 0 Å². The van der Waals surface area contributed by atoms with E-state index in [0.29, 0.717) is 17.0 Å². The lowest BCUT2D eigenvalue weighted by Gasteiger charge is -2.08. The second-order valence-corrected chi connectivity index (χ2v) is 7.70. The summed E-state index contributed by atoms with van der Waals surface area (Å²) < 4.78 is 34.5. The topological polar surface area (TPSA) is 98.8 Å². The molecule has 0 heterocycles. The number of esters is 1. The van der Waals surface area contributed by atoms with E-state index in [-0.39, 0.29) is 23.7 Å². The Labute approximate surface area is 158 Å². The van der Waals surface area contributed by atoms with Gasteiger partial charge in [0.05, 0.1) is 29.9 Å². The van der Waals surface area contributed by atoms with Gasteiger partial charge in [-0.15, -0.1) is 0 Å². The predicted octanol–water partition coefficient (Wildman–Crippen LogP) is 2.67. The van der Waals surface area contributed by atoms with Gasteiger partial charge in [-0.05, 0) is 49.4 Å². The van der Waals surface area contributed by atoms with Gasteiger partial charge in [0.25, 0.3) is 0 Å². The molecule has 144 valence electrons. The van der Waals surface area contributed by atoms with E-state index in [4.69, 9.17) is 9.47 Å². The molecule has 0 aliphatic heterocycles. The van der Waals surface area contributed by atoms with E-state index >= 15 is 0 Å². The molecule has 7 nitrogen and oxygen atoms in total. The summed E-state index contributed by atoms with van der Waals surface area (Å²) in [4.78, 5) is 23.9. The molecule has 0 aromatic heterocycles. The molecule has 0 unspecified atom stereocenters. The number of hydrogen-bond donors (Lipinski definition) is 1. The summed E-state index contributed by atoms with van der Waals surface area (Å²) in [6, 6.07) is 12.2. The van der Waals surface area contributed by atoms with Crippen molar-refractivity contribution in [2.75, 3.05) is 24.8 Å². The Bertz CT molecular complexity index is 906. The van der Waals surface area contributed by atoms with Crippen molar-refractivity contribution in [2.24, 2.45) is 0 Å². The van der Waals surface area contributed by atoms with Crippen molar-refractivity contribution in [1.82, 2.24) is 0 Å². The maximum absolute atomic E-state index is 12.3. The summed E-state index contributed by atoms with van der Waals surface area (Å²) >= 11 is 0. The number of benzene rings is 2. The van der Waals surface area contributed by atoms with E-state index in [1.54, 1.807) is 37.3 Å². The number of carbonyl (C=O) groups is 2. The first-order chi connectivity index (χ1) is 12.9. The third kappa shape index (κ3) is 5.82. The number of hydrogen-bond acceptors (Lipinski definition) is 6. The van der Waals surface area contributed by atoms with Gasteiger partial charge in [-0.1, -0.05) is 6.07 Å². The highest BCUT2D eigenvalue weighted by molar-refractivity contribution is 7.91. The van der Waals surface area contributed by atoms with Crippen LogP contribution in [0.2, 0.25) is 0 Å². The van der Waals surface area contributed by atoms with E-state index < -0.39 is 21.7 Å². The summed E-state index contributed by atoms with van der Waals surface area (Å²) in [5.41, 5.74) is 0.702. The van der Waals surface area contributed by atoms with Crippen LogP contribution in [0.5, 0.6) is 5.75 Å². The van der Waals surface area contributed by atoms with Crippen molar-refractivity contribution in [1.29, 1.82) is 0 Å². The molecule has 0 atom stereocenters. The van der Waals surface area contributed by atoms with Crippen molar-refractivity contribution in [3.05, 3.63) is 54.1 Å². The monoisotopic (exact) mass is 391 g/mol. The first-order valence-corrected chi connectivity index (χ1v) is 9.95. The van der Waals surface area contributed by atoms with Crippen LogP contribution in [0.4, 0.5) is 5.69 Å². The van der Waals surface area contributed by atoms with Crippen LogP contribution in [0.15, 0.2) is 53.4 Å². The Hall–Kier alpha value is -2.87. The molecule has 0 aliphatic carbocycles. The first-order valence-electron chi connectivity index (χ1n) is 8.29. The maximum atomic E-state index is 12.3. The molecule has 0 bridgehead atoms. The average molecular weight is 391 g/mol. The summed E-state index contributed by atoms with van der Waals surface area (Å²) in [5, 5.41) is 2.59. The SMILES string of the molecule is CCOC(=O)c1cccc(NC(=O)CCS(=O)(=O)c2ccc(OC)cc2)c1. The van der Waals surface area contributed by atoms with Gasteiger partial charge in [-0.2, -0.15) is 0 Å². The third-order valence-electron chi connectivity index (χ3n) is 3.67. The molecule has 2 rings (SSSR count). The zero-order chi connectivity index (χ0) is 19.9. The van der Waals surface area contributed by atoms with Gasteiger partial charge in [-0.25, -0.2) is 13.2 Å². The van der Waals surface area contributed by atoms with Crippen molar-refractivity contribution in [2.45, 2.75) is 18.2 Å². The quantitative estimate of drug-likeness (QED) is 0.695. The van der Waals surface area contributed by atoms with Crippen LogP contribution < -0.4 is 10.1 Å². The predicted molar refractivity (Wildman–Crippen MR) is 101 cm³/mol. The molecule has 2 aromatic carbocycles. The number of carbonyl (C=O) groups excluding carboxylic acids is 2. The Morgan fingerprint density at radius 3 is 2.41 bits per heavy atom. The number of amides is 1. The first kappa shape index (κ1) is 20.4. The van der Waals surface area contributed by atoms with Crippen LogP contribution in [0.1, 0.15) is 23.7 Å². The molecule has 8 heteroatoms. The number of ether oxygens (including phenoxy) is 2. The van der Waals surface area contributed by atoms with E-state index in [2.05, 4.69) is 5.32 Å². The molecule has 0 spiro atoms.